The van der Waals surface area contributed by atoms with E-state index in [-0.39, 0.29) is 12.7 Å². The highest BCUT2D eigenvalue weighted by Crippen LogP contribution is 2.38. The quantitative estimate of drug-likeness (QED) is 0.547. The van der Waals surface area contributed by atoms with E-state index in [1.807, 2.05) is 35.2 Å². The summed E-state index contributed by atoms with van der Waals surface area (Å²) in [6.45, 7) is 5.32. The minimum absolute atomic E-state index is 0.267. The first kappa shape index (κ1) is 23.6. The van der Waals surface area contributed by atoms with Crippen LogP contribution in [-0.4, -0.2) is 70.8 Å². The largest absolute Gasteiger partial charge is 0.445 e. The third-order valence-corrected chi connectivity index (χ3v) is 8.89. The van der Waals surface area contributed by atoms with Crippen LogP contribution in [0.25, 0.3) is 10.2 Å². The van der Waals surface area contributed by atoms with Crippen LogP contribution in [0.2, 0.25) is 0 Å². The number of aromatic nitrogens is 2. The number of nitrogens with zero attached hydrogens (tertiary/aromatic N) is 4. The van der Waals surface area contributed by atoms with Crippen LogP contribution in [0.15, 0.2) is 36.7 Å². The number of nitrogens with one attached hydrogen (secondary N) is 1. The van der Waals surface area contributed by atoms with Crippen molar-refractivity contribution in [2.75, 3.05) is 38.2 Å². The molecule has 2 aliphatic heterocycles. The summed E-state index contributed by atoms with van der Waals surface area (Å²) >= 11 is 1.73. The summed E-state index contributed by atoms with van der Waals surface area (Å²) in [4.78, 5) is 28.8. The van der Waals surface area contributed by atoms with Gasteiger partial charge in [-0.05, 0) is 43.2 Å². The lowest BCUT2D eigenvalue weighted by Gasteiger charge is -2.39. The van der Waals surface area contributed by atoms with E-state index in [1.165, 1.54) is 23.3 Å². The Kier molecular flexibility index (Phi) is 7.03. The van der Waals surface area contributed by atoms with Crippen molar-refractivity contribution in [3.05, 3.63) is 52.7 Å². The molecule has 9 heteroatoms. The topological polar surface area (TPSA) is 79.8 Å². The molecule has 8 nitrogen and oxygen atoms in total. The van der Waals surface area contributed by atoms with Gasteiger partial charge in [-0.2, -0.15) is 0 Å². The first-order chi connectivity index (χ1) is 17.7. The van der Waals surface area contributed by atoms with Crippen LogP contribution in [0.3, 0.4) is 0 Å². The molecule has 36 heavy (non-hydrogen) atoms. The molecule has 1 amide bonds. The van der Waals surface area contributed by atoms with Crippen LogP contribution >= 0.6 is 11.3 Å². The van der Waals surface area contributed by atoms with Crippen molar-refractivity contribution < 1.29 is 14.3 Å². The van der Waals surface area contributed by atoms with Crippen molar-refractivity contribution in [1.82, 2.24) is 19.8 Å². The number of benzene rings is 1. The van der Waals surface area contributed by atoms with Gasteiger partial charge in [0.2, 0.25) is 0 Å². The van der Waals surface area contributed by atoms with Gasteiger partial charge < -0.3 is 19.7 Å². The van der Waals surface area contributed by atoms with Crippen LogP contribution in [0.5, 0.6) is 0 Å². The second-order valence-electron chi connectivity index (χ2n) is 9.92. The normalized spacial score (nSPS) is 22.8. The van der Waals surface area contributed by atoms with Gasteiger partial charge in [-0.3, -0.25) is 4.90 Å². The average Bonchev–Trinajstić information content (AvgIpc) is 3.32. The third kappa shape index (κ3) is 5.05. The lowest BCUT2D eigenvalue weighted by Crippen LogP contribution is -2.46. The van der Waals surface area contributed by atoms with Gasteiger partial charge in [-0.1, -0.05) is 30.3 Å². The van der Waals surface area contributed by atoms with E-state index in [4.69, 9.17) is 9.47 Å². The molecular formula is C27H33N5O3S. The summed E-state index contributed by atoms with van der Waals surface area (Å²) in [5.41, 5.74) is 2.16. The summed E-state index contributed by atoms with van der Waals surface area (Å²) in [5, 5.41) is 4.83. The number of hydrogen-bond donors (Lipinski definition) is 1. The summed E-state index contributed by atoms with van der Waals surface area (Å²) < 4.78 is 11.1. The second-order valence-corrected chi connectivity index (χ2v) is 11.0. The molecule has 6 rings (SSSR count). The van der Waals surface area contributed by atoms with Gasteiger partial charge in [0.05, 0.1) is 25.1 Å². The maximum absolute atomic E-state index is 12.9. The standard InChI is InChI=1S/C27H33N5O3S/c33-27(35-17-19-4-2-1-3-5-19)32-11-10-23-22(16-32)24-25(28-18-29-26(24)36-23)30-20-6-8-21(9-7-20)31-12-14-34-15-13-31/h1-5,18,20-21H,6-17H2,(H,28,29,30). The SMILES string of the molecule is O=C(OCc1ccccc1)N1CCc2sc3ncnc(NC4CCC(N5CCOCC5)CC4)c3c2C1. The summed E-state index contributed by atoms with van der Waals surface area (Å²) in [6, 6.07) is 10.9. The number of anilines is 1. The predicted octanol–water partition coefficient (Wildman–Crippen LogP) is 4.44. The Morgan fingerprint density at radius 2 is 1.89 bits per heavy atom. The molecule has 1 aliphatic carbocycles. The van der Waals surface area contributed by atoms with Gasteiger partial charge >= 0.3 is 6.09 Å². The molecule has 1 N–H and O–H groups in total. The summed E-state index contributed by atoms with van der Waals surface area (Å²) in [6.07, 6.45) is 6.90. The van der Waals surface area contributed by atoms with E-state index < -0.39 is 0 Å². The molecule has 1 saturated heterocycles. The average molecular weight is 508 g/mol. The zero-order chi connectivity index (χ0) is 24.3. The molecule has 0 atom stereocenters. The predicted molar refractivity (Wildman–Crippen MR) is 140 cm³/mol. The minimum Gasteiger partial charge on any atom is -0.445 e. The van der Waals surface area contributed by atoms with E-state index in [0.29, 0.717) is 25.2 Å². The van der Waals surface area contributed by atoms with Crippen molar-refractivity contribution in [2.45, 2.75) is 57.3 Å². The zero-order valence-corrected chi connectivity index (χ0v) is 21.3. The maximum atomic E-state index is 12.9. The molecule has 1 saturated carbocycles. The van der Waals surface area contributed by atoms with Gasteiger partial charge in [0, 0.05) is 36.6 Å². The van der Waals surface area contributed by atoms with Crippen molar-refractivity contribution in [3.63, 3.8) is 0 Å². The highest BCUT2D eigenvalue weighted by Gasteiger charge is 2.30. The van der Waals surface area contributed by atoms with Crippen LogP contribution < -0.4 is 5.32 Å². The van der Waals surface area contributed by atoms with Crippen molar-refractivity contribution in [3.8, 4) is 0 Å². The van der Waals surface area contributed by atoms with Crippen molar-refractivity contribution >= 4 is 33.5 Å². The van der Waals surface area contributed by atoms with Crippen LogP contribution in [0.1, 0.15) is 41.7 Å². The minimum atomic E-state index is -0.267. The highest BCUT2D eigenvalue weighted by molar-refractivity contribution is 7.19. The number of amides is 1. The third-order valence-electron chi connectivity index (χ3n) is 7.69. The van der Waals surface area contributed by atoms with E-state index >= 15 is 0 Å². The molecular weight excluding hydrogens is 474 g/mol. The second kappa shape index (κ2) is 10.7. The van der Waals surface area contributed by atoms with E-state index in [0.717, 1.165) is 67.2 Å². The molecule has 3 aliphatic rings. The number of thiophene rings is 1. The van der Waals surface area contributed by atoms with E-state index in [1.54, 1.807) is 17.7 Å². The van der Waals surface area contributed by atoms with Gasteiger partial charge in [0.15, 0.2) is 0 Å². The fraction of sp³-hybridized carbons (Fsp3) is 0.519. The van der Waals surface area contributed by atoms with E-state index in [9.17, 15) is 4.79 Å². The first-order valence-electron chi connectivity index (χ1n) is 13.0. The Balaban J connectivity index is 1.13. The van der Waals surface area contributed by atoms with Crippen LogP contribution in [0, 0.1) is 0 Å². The van der Waals surface area contributed by atoms with Gasteiger partial charge in [0.1, 0.15) is 23.6 Å². The molecule has 2 fully saturated rings. The molecule has 0 unspecified atom stereocenters. The molecule has 0 radical (unpaired) electrons. The Labute approximate surface area is 215 Å². The van der Waals surface area contributed by atoms with Crippen LogP contribution in [0.4, 0.5) is 10.6 Å². The lowest BCUT2D eigenvalue weighted by atomic mass is 9.90. The molecule has 4 heterocycles. The molecule has 0 spiro atoms. The number of carbonyl (C=O) groups is 1. The molecule has 190 valence electrons. The van der Waals surface area contributed by atoms with Gasteiger partial charge in [-0.15, -0.1) is 11.3 Å². The molecule has 3 aromatic rings. The zero-order valence-electron chi connectivity index (χ0n) is 20.5. The smallest absolute Gasteiger partial charge is 0.410 e. The summed E-state index contributed by atoms with van der Waals surface area (Å²) in [7, 11) is 0. The maximum Gasteiger partial charge on any atom is 0.410 e. The van der Waals surface area contributed by atoms with Crippen molar-refractivity contribution in [2.24, 2.45) is 0 Å². The number of hydrogen-bond acceptors (Lipinski definition) is 8. The van der Waals surface area contributed by atoms with E-state index in [2.05, 4.69) is 20.2 Å². The molecule has 2 aromatic heterocycles. The lowest BCUT2D eigenvalue weighted by molar-refractivity contribution is 0.00791. The number of rotatable bonds is 5. The Morgan fingerprint density at radius 1 is 1.08 bits per heavy atom. The monoisotopic (exact) mass is 507 g/mol. The fourth-order valence-corrected chi connectivity index (χ4v) is 6.85. The van der Waals surface area contributed by atoms with Gasteiger partial charge in [0.25, 0.3) is 0 Å². The Hall–Kier alpha value is -2.75. The fourth-order valence-electron chi connectivity index (χ4n) is 5.71. The number of ether oxygens (including phenoxy) is 2. The van der Waals surface area contributed by atoms with Crippen molar-refractivity contribution in [1.29, 1.82) is 0 Å². The number of carbonyl (C=O) groups excluding carboxylic acids is 1. The van der Waals surface area contributed by atoms with Crippen LogP contribution in [-0.2, 0) is 29.0 Å². The first-order valence-corrected chi connectivity index (χ1v) is 13.9. The Bertz CT molecular complexity index is 1190. The number of morpholine rings is 1. The number of fused-ring (bicyclic) bond motifs is 3. The molecule has 1 aromatic carbocycles. The molecule has 0 bridgehead atoms. The Morgan fingerprint density at radius 3 is 2.69 bits per heavy atom. The summed E-state index contributed by atoms with van der Waals surface area (Å²) in [5.74, 6) is 0.909. The van der Waals surface area contributed by atoms with Gasteiger partial charge in [-0.25, -0.2) is 14.8 Å². The highest BCUT2D eigenvalue weighted by atomic mass is 32.1.